The summed E-state index contributed by atoms with van der Waals surface area (Å²) in [5, 5.41) is 15.6. The molecule has 254 valence electrons. The van der Waals surface area contributed by atoms with E-state index in [1.54, 1.807) is 0 Å². The lowest BCUT2D eigenvalue weighted by Gasteiger charge is -2.45. The standard InChI is InChI=1S/C40H44N4O5/c1-28(46)41-24-33-7-5-6-10-36(33)30-15-17-32(18-16-30)38-48-35(23-37(49-38)31-13-11-29(26-45)12-14-31)25-43-21-19-40(20-22-43)39(47)42-27-44(40)34-8-3-2-4-9-34/h2-18,35,37-38,45H,19-27H2,1H3,(H,41,46)(H,42,47)/t35-,37+,38+/m0/s1. The summed E-state index contributed by atoms with van der Waals surface area (Å²) in [5.41, 5.74) is 6.56. The fourth-order valence-electron chi connectivity index (χ4n) is 7.45. The van der Waals surface area contributed by atoms with E-state index in [1.807, 2.05) is 60.7 Å². The maximum absolute atomic E-state index is 13.2. The molecular weight excluding hydrogens is 616 g/mol. The highest BCUT2D eigenvalue weighted by atomic mass is 16.7. The summed E-state index contributed by atoms with van der Waals surface area (Å²) in [6.07, 6.45) is 1.36. The second kappa shape index (κ2) is 14.5. The Morgan fingerprint density at radius 3 is 2.31 bits per heavy atom. The number of carbonyl (C=O) groups is 2. The third-order valence-electron chi connectivity index (χ3n) is 10.2. The van der Waals surface area contributed by atoms with Gasteiger partial charge in [-0.3, -0.25) is 9.59 Å². The highest BCUT2D eigenvalue weighted by molar-refractivity contribution is 5.93. The van der Waals surface area contributed by atoms with Gasteiger partial charge in [-0.2, -0.15) is 0 Å². The topological polar surface area (TPSA) is 103 Å². The van der Waals surface area contributed by atoms with Crippen LogP contribution in [0.1, 0.15) is 60.8 Å². The molecule has 3 aliphatic rings. The molecule has 3 atom stereocenters. The largest absolute Gasteiger partial charge is 0.392 e. The van der Waals surface area contributed by atoms with Crippen LogP contribution in [-0.2, 0) is 32.2 Å². The summed E-state index contributed by atoms with van der Waals surface area (Å²) in [4.78, 5) is 29.5. The molecule has 9 heteroatoms. The lowest BCUT2D eigenvalue weighted by Crippen LogP contribution is -2.57. The van der Waals surface area contributed by atoms with Crippen LogP contribution in [0.2, 0.25) is 0 Å². The van der Waals surface area contributed by atoms with E-state index >= 15 is 0 Å². The number of aliphatic hydroxyl groups is 1. The SMILES string of the molecule is CC(=O)NCc1ccccc1-c1ccc([C@@H]2O[C@H](CN3CCC4(CC3)C(=O)NCN4c3ccccc3)C[C@H](c3ccc(CO)cc3)O2)cc1. The molecule has 0 aromatic heterocycles. The Morgan fingerprint density at radius 1 is 0.898 bits per heavy atom. The second-order valence-corrected chi connectivity index (χ2v) is 13.3. The highest BCUT2D eigenvalue weighted by Crippen LogP contribution is 2.40. The van der Waals surface area contributed by atoms with Gasteiger partial charge in [0.25, 0.3) is 0 Å². The first-order valence-electron chi connectivity index (χ1n) is 17.2. The van der Waals surface area contributed by atoms with E-state index in [1.165, 1.54) is 6.92 Å². The van der Waals surface area contributed by atoms with Crippen molar-refractivity contribution >= 4 is 17.5 Å². The summed E-state index contributed by atoms with van der Waals surface area (Å²) in [6.45, 7) is 4.85. The van der Waals surface area contributed by atoms with Crippen molar-refractivity contribution in [2.45, 2.75) is 63.4 Å². The molecule has 0 saturated carbocycles. The smallest absolute Gasteiger partial charge is 0.247 e. The Kier molecular flexibility index (Phi) is 9.77. The molecule has 3 N–H and O–H groups in total. The molecule has 7 rings (SSSR count). The summed E-state index contributed by atoms with van der Waals surface area (Å²) in [5.74, 6) is 0.0556. The molecule has 49 heavy (non-hydrogen) atoms. The zero-order chi connectivity index (χ0) is 33.8. The van der Waals surface area contributed by atoms with Gasteiger partial charge in [-0.25, -0.2) is 0 Å². The van der Waals surface area contributed by atoms with Crippen molar-refractivity contribution in [3.63, 3.8) is 0 Å². The number of anilines is 1. The number of aliphatic hydroxyl groups excluding tert-OH is 1. The minimum Gasteiger partial charge on any atom is -0.392 e. The van der Waals surface area contributed by atoms with Crippen LogP contribution in [0.3, 0.4) is 0 Å². The van der Waals surface area contributed by atoms with Crippen LogP contribution in [0.5, 0.6) is 0 Å². The Hall–Kier alpha value is -4.54. The number of ether oxygens (including phenoxy) is 2. The minimum absolute atomic E-state index is 0.00334. The van der Waals surface area contributed by atoms with E-state index in [-0.39, 0.29) is 30.6 Å². The molecule has 3 fully saturated rings. The number of likely N-dealkylation sites (tertiary alicyclic amines) is 1. The lowest BCUT2D eigenvalue weighted by molar-refractivity contribution is -0.253. The average molecular weight is 661 g/mol. The van der Waals surface area contributed by atoms with Crippen molar-refractivity contribution in [1.29, 1.82) is 0 Å². The van der Waals surface area contributed by atoms with Crippen molar-refractivity contribution in [2.24, 2.45) is 0 Å². The van der Waals surface area contributed by atoms with E-state index in [0.717, 1.165) is 71.5 Å². The highest BCUT2D eigenvalue weighted by Gasteiger charge is 2.50. The molecule has 3 saturated heterocycles. The third kappa shape index (κ3) is 7.12. The van der Waals surface area contributed by atoms with Crippen LogP contribution in [0.4, 0.5) is 5.69 Å². The number of hydrogen-bond donors (Lipinski definition) is 3. The van der Waals surface area contributed by atoms with Crippen LogP contribution < -0.4 is 15.5 Å². The van der Waals surface area contributed by atoms with Crippen LogP contribution in [0.15, 0.2) is 103 Å². The first-order chi connectivity index (χ1) is 23.9. The van der Waals surface area contributed by atoms with Crippen molar-refractivity contribution < 1.29 is 24.2 Å². The fraction of sp³-hybridized carbons (Fsp3) is 0.350. The van der Waals surface area contributed by atoms with Gasteiger partial charge in [0.15, 0.2) is 6.29 Å². The number of hydrogen-bond acceptors (Lipinski definition) is 7. The summed E-state index contributed by atoms with van der Waals surface area (Å²) in [6, 6.07) is 34.5. The maximum Gasteiger partial charge on any atom is 0.247 e. The average Bonchev–Trinajstić information content (AvgIpc) is 3.46. The second-order valence-electron chi connectivity index (χ2n) is 13.3. The van der Waals surface area contributed by atoms with Crippen molar-refractivity contribution in [1.82, 2.24) is 15.5 Å². The molecule has 3 heterocycles. The molecule has 2 amide bonds. The van der Waals surface area contributed by atoms with E-state index in [2.05, 4.69) is 62.9 Å². The fourth-order valence-corrected chi connectivity index (χ4v) is 7.45. The molecular formula is C40H44N4O5. The number of carbonyl (C=O) groups excluding carboxylic acids is 2. The van der Waals surface area contributed by atoms with Crippen molar-refractivity contribution in [3.8, 4) is 11.1 Å². The molecule has 0 radical (unpaired) electrons. The Bertz CT molecular complexity index is 1740. The van der Waals surface area contributed by atoms with Crippen LogP contribution in [0, 0.1) is 0 Å². The first kappa shape index (κ1) is 33.0. The van der Waals surface area contributed by atoms with Crippen molar-refractivity contribution in [2.75, 3.05) is 31.2 Å². The number of benzene rings is 4. The van der Waals surface area contributed by atoms with Crippen LogP contribution >= 0.6 is 0 Å². The quantitative estimate of drug-likeness (QED) is 0.219. The third-order valence-corrected chi connectivity index (χ3v) is 10.2. The van der Waals surface area contributed by atoms with Gasteiger partial charge in [0.05, 0.1) is 25.5 Å². The molecule has 0 aliphatic carbocycles. The number of para-hydroxylation sites is 1. The normalized spacial score (nSPS) is 22.2. The number of amides is 2. The monoisotopic (exact) mass is 660 g/mol. The molecule has 0 bridgehead atoms. The van der Waals surface area contributed by atoms with E-state index in [0.29, 0.717) is 19.6 Å². The lowest BCUT2D eigenvalue weighted by atomic mass is 9.85. The number of rotatable bonds is 9. The molecule has 4 aromatic carbocycles. The Labute approximate surface area is 287 Å². The van der Waals surface area contributed by atoms with Gasteiger partial charge in [0.2, 0.25) is 11.8 Å². The van der Waals surface area contributed by atoms with Gasteiger partial charge in [0.1, 0.15) is 5.54 Å². The van der Waals surface area contributed by atoms with E-state index < -0.39 is 11.8 Å². The van der Waals surface area contributed by atoms with Crippen molar-refractivity contribution in [3.05, 3.63) is 125 Å². The van der Waals surface area contributed by atoms with Gasteiger partial charge in [-0.1, -0.05) is 91.0 Å². The maximum atomic E-state index is 13.2. The Morgan fingerprint density at radius 2 is 1.59 bits per heavy atom. The molecule has 1 spiro atoms. The van der Waals surface area contributed by atoms with Gasteiger partial charge in [-0.05, 0) is 52.8 Å². The van der Waals surface area contributed by atoms with E-state index in [9.17, 15) is 14.7 Å². The van der Waals surface area contributed by atoms with Gasteiger partial charge in [-0.15, -0.1) is 0 Å². The zero-order valence-corrected chi connectivity index (χ0v) is 27.9. The predicted octanol–water partition coefficient (Wildman–Crippen LogP) is 5.46. The summed E-state index contributed by atoms with van der Waals surface area (Å²) >= 11 is 0. The summed E-state index contributed by atoms with van der Waals surface area (Å²) in [7, 11) is 0. The van der Waals surface area contributed by atoms with E-state index in [4.69, 9.17) is 9.47 Å². The van der Waals surface area contributed by atoms with Crippen LogP contribution in [-0.4, -0.2) is 59.8 Å². The molecule has 9 nitrogen and oxygen atoms in total. The van der Waals surface area contributed by atoms with Gasteiger partial charge < -0.3 is 35.0 Å². The number of nitrogens with zero attached hydrogens (tertiary/aromatic N) is 2. The molecule has 3 aliphatic heterocycles. The number of nitrogens with one attached hydrogen (secondary N) is 2. The van der Waals surface area contributed by atoms with Gasteiger partial charge in [0, 0.05) is 50.8 Å². The predicted molar refractivity (Wildman–Crippen MR) is 188 cm³/mol. The molecule has 4 aromatic rings. The Balaban J connectivity index is 1.08. The molecule has 0 unspecified atom stereocenters. The summed E-state index contributed by atoms with van der Waals surface area (Å²) < 4.78 is 13.3. The van der Waals surface area contributed by atoms with Crippen LogP contribution in [0.25, 0.3) is 11.1 Å². The zero-order valence-electron chi connectivity index (χ0n) is 27.9. The number of piperidine rings is 1. The van der Waals surface area contributed by atoms with Gasteiger partial charge >= 0.3 is 0 Å². The first-order valence-corrected chi connectivity index (χ1v) is 17.2. The minimum atomic E-state index is -0.560.